The molecule has 0 bridgehead atoms. The highest BCUT2D eigenvalue weighted by Gasteiger charge is 2.34. The molecule has 1 saturated heterocycles. The van der Waals surface area contributed by atoms with Gasteiger partial charge in [-0.15, -0.1) is 11.3 Å². The van der Waals surface area contributed by atoms with E-state index in [9.17, 15) is 23.2 Å². The highest BCUT2D eigenvalue weighted by Crippen LogP contribution is 2.32. The van der Waals surface area contributed by atoms with E-state index >= 15 is 0 Å². The number of hydrogen-bond acceptors (Lipinski definition) is 6. The van der Waals surface area contributed by atoms with Gasteiger partial charge in [-0.05, 0) is 66.7 Å². The molecule has 6 nitrogen and oxygen atoms in total. The quantitative estimate of drug-likeness (QED) is 0.473. The number of carbonyl (C=O) groups is 3. The first-order valence-corrected chi connectivity index (χ1v) is 11.9. The van der Waals surface area contributed by atoms with Crippen LogP contribution in [0.1, 0.15) is 15.4 Å². The lowest BCUT2D eigenvalue weighted by atomic mass is 10.1. The Morgan fingerprint density at radius 3 is 2.38 bits per heavy atom. The number of thioether (sulfide) groups is 1. The number of halogens is 2. The third-order valence-corrected chi connectivity index (χ3v) is 6.82. The van der Waals surface area contributed by atoms with Crippen LogP contribution in [0, 0.1) is 18.6 Å². The molecule has 10 heteroatoms. The molecule has 0 unspecified atom stereocenters. The highest BCUT2D eigenvalue weighted by molar-refractivity contribution is 8.18. The third kappa shape index (κ3) is 5.57. The molecule has 0 atom stereocenters. The van der Waals surface area contributed by atoms with Crippen molar-refractivity contribution >= 4 is 46.2 Å². The molecular weight excluding hydrogens is 480 g/mol. The van der Waals surface area contributed by atoms with E-state index in [-0.39, 0.29) is 42.0 Å². The van der Waals surface area contributed by atoms with Crippen LogP contribution in [0.4, 0.5) is 13.6 Å². The van der Waals surface area contributed by atoms with Gasteiger partial charge >= 0.3 is 0 Å². The van der Waals surface area contributed by atoms with Gasteiger partial charge in [0.1, 0.15) is 11.6 Å². The second kappa shape index (κ2) is 10.3. The Balaban J connectivity index is 1.34. The summed E-state index contributed by atoms with van der Waals surface area (Å²) in [4.78, 5) is 43.9. The average Bonchev–Trinajstić information content (AvgIpc) is 3.29. The maximum absolute atomic E-state index is 13.2. The molecule has 0 saturated carbocycles. The van der Waals surface area contributed by atoms with Crippen LogP contribution >= 0.6 is 23.1 Å². The molecule has 1 aromatic heterocycles. The van der Waals surface area contributed by atoms with Crippen LogP contribution in [0.25, 0.3) is 17.3 Å². The van der Waals surface area contributed by atoms with Crippen molar-refractivity contribution in [2.24, 2.45) is 0 Å². The van der Waals surface area contributed by atoms with Gasteiger partial charge < -0.3 is 5.32 Å². The maximum atomic E-state index is 13.2. The first-order chi connectivity index (χ1) is 16.3. The molecule has 1 aliphatic rings. The van der Waals surface area contributed by atoms with Gasteiger partial charge in [0.25, 0.3) is 11.1 Å². The number of aryl methyl sites for hydroxylation is 1. The molecule has 0 spiro atoms. The predicted molar refractivity (Wildman–Crippen MR) is 128 cm³/mol. The number of hydrogen-bond donors (Lipinski definition) is 1. The van der Waals surface area contributed by atoms with Crippen molar-refractivity contribution in [1.82, 2.24) is 15.2 Å². The second-order valence-electron chi connectivity index (χ2n) is 7.42. The van der Waals surface area contributed by atoms with E-state index in [1.54, 1.807) is 12.1 Å². The smallest absolute Gasteiger partial charge is 0.293 e. The number of aromatic nitrogens is 1. The lowest BCUT2D eigenvalue weighted by Crippen LogP contribution is -2.37. The van der Waals surface area contributed by atoms with Crippen molar-refractivity contribution < 1.29 is 23.2 Å². The number of nitrogens with one attached hydrogen (secondary N) is 1. The van der Waals surface area contributed by atoms with Crippen LogP contribution < -0.4 is 5.32 Å². The number of thiazole rings is 1. The number of carbonyl (C=O) groups excluding carboxylic acids is 3. The highest BCUT2D eigenvalue weighted by atomic mass is 32.2. The van der Waals surface area contributed by atoms with E-state index in [0.717, 1.165) is 32.1 Å². The van der Waals surface area contributed by atoms with E-state index in [1.165, 1.54) is 53.8 Å². The summed E-state index contributed by atoms with van der Waals surface area (Å²) in [5.74, 6) is -1.47. The van der Waals surface area contributed by atoms with Crippen molar-refractivity contribution in [2.45, 2.75) is 13.3 Å². The Labute approximate surface area is 202 Å². The molecule has 2 heterocycles. The zero-order chi connectivity index (χ0) is 24.2. The lowest BCUT2D eigenvalue weighted by molar-refractivity contribution is -0.124. The first-order valence-electron chi connectivity index (χ1n) is 10.3. The third-order valence-electron chi connectivity index (χ3n) is 4.94. The summed E-state index contributed by atoms with van der Waals surface area (Å²) < 4.78 is 26.3. The molecule has 34 heavy (non-hydrogen) atoms. The van der Waals surface area contributed by atoms with Crippen molar-refractivity contribution in [3.8, 4) is 11.3 Å². The lowest BCUT2D eigenvalue weighted by Gasteiger charge is -2.13. The van der Waals surface area contributed by atoms with Gasteiger partial charge in [0.2, 0.25) is 5.91 Å². The van der Waals surface area contributed by atoms with Crippen LogP contribution in [-0.4, -0.2) is 40.0 Å². The second-order valence-corrected chi connectivity index (χ2v) is 9.70. The fourth-order valence-electron chi connectivity index (χ4n) is 3.34. The van der Waals surface area contributed by atoms with Crippen LogP contribution in [0.5, 0.6) is 0 Å². The molecule has 4 rings (SSSR count). The summed E-state index contributed by atoms with van der Waals surface area (Å²) in [6.45, 7) is 1.96. The summed E-state index contributed by atoms with van der Waals surface area (Å²) in [6, 6.07) is 11.5. The number of benzene rings is 2. The summed E-state index contributed by atoms with van der Waals surface area (Å²) in [5.41, 5.74) is 1.96. The van der Waals surface area contributed by atoms with Gasteiger partial charge in [-0.25, -0.2) is 13.8 Å². The summed E-state index contributed by atoms with van der Waals surface area (Å²) >= 11 is 2.19. The minimum absolute atomic E-state index is 0.0315. The first kappa shape index (κ1) is 23.8. The number of nitrogens with zero attached hydrogens (tertiary/aromatic N) is 2. The van der Waals surface area contributed by atoms with Crippen molar-refractivity contribution in [3.05, 3.63) is 80.5 Å². The fourth-order valence-corrected chi connectivity index (χ4v) is 5.16. The number of imide groups is 1. The SMILES string of the molecule is Cc1nc(-c2ccc(F)cc2)c(CC(=O)NCCN2C(=O)SC(=Cc3ccc(F)cc3)C2=O)s1. The Morgan fingerprint density at radius 1 is 1.06 bits per heavy atom. The van der Waals surface area contributed by atoms with E-state index in [4.69, 9.17) is 0 Å². The largest absolute Gasteiger partial charge is 0.354 e. The van der Waals surface area contributed by atoms with Gasteiger partial charge in [0.05, 0.1) is 22.0 Å². The van der Waals surface area contributed by atoms with Crippen LogP contribution in [0.2, 0.25) is 0 Å². The van der Waals surface area contributed by atoms with Crippen LogP contribution in [0.3, 0.4) is 0 Å². The molecule has 0 aliphatic carbocycles. The Hall–Kier alpha value is -3.37. The van der Waals surface area contributed by atoms with Crippen LogP contribution in [-0.2, 0) is 16.0 Å². The fraction of sp³-hybridized carbons (Fsp3) is 0.167. The molecule has 1 fully saturated rings. The van der Waals surface area contributed by atoms with Gasteiger partial charge in [-0.1, -0.05) is 12.1 Å². The van der Waals surface area contributed by atoms with Crippen LogP contribution in [0.15, 0.2) is 53.4 Å². The van der Waals surface area contributed by atoms with Gasteiger partial charge in [0, 0.05) is 23.5 Å². The summed E-state index contributed by atoms with van der Waals surface area (Å²) in [6.07, 6.45) is 1.61. The Morgan fingerprint density at radius 2 is 1.71 bits per heavy atom. The van der Waals surface area contributed by atoms with E-state index in [0.29, 0.717) is 11.3 Å². The zero-order valence-corrected chi connectivity index (χ0v) is 19.6. The number of rotatable bonds is 7. The molecule has 3 amide bonds. The zero-order valence-electron chi connectivity index (χ0n) is 18.0. The minimum atomic E-state index is -0.453. The molecule has 3 aromatic rings. The normalized spacial score (nSPS) is 14.8. The van der Waals surface area contributed by atoms with E-state index in [1.807, 2.05) is 6.92 Å². The molecule has 0 radical (unpaired) electrons. The summed E-state index contributed by atoms with van der Waals surface area (Å²) in [5, 5.41) is 3.09. The molecule has 2 aromatic carbocycles. The van der Waals surface area contributed by atoms with Crippen molar-refractivity contribution in [3.63, 3.8) is 0 Å². The Bertz CT molecular complexity index is 1270. The maximum Gasteiger partial charge on any atom is 0.293 e. The predicted octanol–water partition coefficient (Wildman–Crippen LogP) is 4.79. The van der Waals surface area contributed by atoms with Gasteiger partial charge in [-0.3, -0.25) is 19.3 Å². The van der Waals surface area contributed by atoms with Crippen molar-refractivity contribution in [2.75, 3.05) is 13.1 Å². The van der Waals surface area contributed by atoms with Crippen molar-refractivity contribution in [1.29, 1.82) is 0 Å². The summed E-state index contributed by atoms with van der Waals surface area (Å²) in [7, 11) is 0. The standard InChI is InChI=1S/C24H19F2N3O3S2/c1-14-28-22(16-4-8-18(26)9-5-16)19(33-14)13-21(30)27-10-11-29-23(31)20(34-24(29)32)12-15-2-6-17(25)7-3-15/h2-9,12H,10-11,13H2,1H3,(H,27,30). The topological polar surface area (TPSA) is 79.4 Å². The molecule has 1 N–H and O–H groups in total. The van der Waals surface area contributed by atoms with Gasteiger partial charge in [-0.2, -0.15) is 0 Å². The molecular formula is C24H19F2N3O3S2. The minimum Gasteiger partial charge on any atom is -0.354 e. The van der Waals surface area contributed by atoms with E-state index in [2.05, 4.69) is 10.3 Å². The molecule has 1 aliphatic heterocycles. The van der Waals surface area contributed by atoms with Gasteiger partial charge in [0.15, 0.2) is 0 Å². The number of amides is 3. The Kier molecular flexibility index (Phi) is 7.18. The molecule has 174 valence electrons. The average molecular weight is 500 g/mol. The monoisotopic (exact) mass is 499 g/mol. The van der Waals surface area contributed by atoms with E-state index < -0.39 is 11.1 Å².